The van der Waals surface area contributed by atoms with E-state index in [1.165, 1.54) is 6.20 Å². The third-order valence-electron chi connectivity index (χ3n) is 3.28. The molecule has 3 rings (SSSR count). The zero-order chi connectivity index (χ0) is 15.5. The molecule has 3 aromatic rings. The van der Waals surface area contributed by atoms with Crippen molar-refractivity contribution in [1.82, 2.24) is 4.98 Å². The number of para-hydroxylation sites is 1. The molecule has 2 aromatic carbocycles. The maximum Gasteiger partial charge on any atom is 0.261 e. The number of rotatable bonds is 2. The second-order valence-corrected chi connectivity index (χ2v) is 4.72. The van der Waals surface area contributed by atoms with Gasteiger partial charge in [-0.05, 0) is 30.3 Å². The Kier molecular flexibility index (Phi) is 3.42. The maximum absolute atomic E-state index is 12.4. The van der Waals surface area contributed by atoms with Gasteiger partial charge in [-0.25, -0.2) is 0 Å². The van der Waals surface area contributed by atoms with Crippen LogP contribution < -0.4 is 10.7 Å². The van der Waals surface area contributed by atoms with Crippen molar-refractivity contribution in [3.8, 4) is 6.07 Å². The molecule has 0 unspecified atom stereocenters. The van der Waals surface area contributed by atoms with E-state index in [2.05, 4.69) is 10.3 Å². The molecule has 2 N–H and O–H groups in total. The van der Waals surface area contributed by atoms with Crippen LogP contribution in [0.5, 0.6) is 0 Å². The monoisotopic (exact) mass is 289 g/mol. The number of anilines is 1. The van der Waals surface area contributed by atoms with Gasteiger partial charge in [-0.3, -0.25) is 9.59 Å². The Morgan fingerprint density at radius 1 is 1.14 bits per heavy atom. The summed E-state index contributed by atoms with van der Waals surface area (Å²) >= 11 is 0. The number of fused-ring (bicyclic) bond motifs is 1. The molecule has 0 aliphatic heterocycles. The number of nitriles is 1. The van der Waals surface area contributed by atoms with Crippen LogP contribution in [0.4, 0.5) is 5.69 Å². The minimum absolute atomic E-state index is 0.0288. The highest BCUT2D eigenvalue weighted by Crippen LogP contribution is 2.12. The molecule has 5 heteroatoms. The van der Waals surface area contributed by atoms with Gasteiger partial charge in [-0.1, -0.05) is 18.2 Å². The number of nitrogens with one attached hydrogen (secondary N) is 2. The average Bonchev–Trinajstić information content (AvgIpc) is 2.55. The molecular formula is C17H11N3O2. The van der Waals surface area contributed by atoms with Gasteiger partial charge in [0, 0.05) is 22.8 Å². The van der Waals surface area contributed by atoms with Crippen LogP contribution in [-0.4, -0.2) is 10.9 Å². The topological polar surface area (TPSA) is 85.8 Å². The van der Waals surface area contributed by atoms with Crippen molar-refractivity contribution in [3.05, 3.63) is 76.1 Å². The number of amides is 1. The minimum Gasteiger partial charge on any atom is -0.360 e. The standard InChI is InChI=1S/C17H11N3O2/c18-9-11-4-3-5-12(8-11)20-17(22)14-10-19-15-7-2-1-6-13(15)16(14)21/h1-8,10H,(H,19,21)(H,20,22). The Hall–Kier alpha value is -3.39. The molecule has 5 nitrogen and oxygen atoms in total. The number of carbonyl (C=O) groups is 1. The highest BCUT2D eigenvalue weighted by atomic mass is 16.2. The fourth-order valence-corrected chi connectivity index (χ4v) is 2.20. The first-order valence-electron chi connectivity index (χ1n) is 6.61. The van der Waals surface area contributed by atoms with Crippen LogP contribution in [0.3, 0.4) is 0 Å². The number of carbonyl (C=O) groups excluding carboxylic acids is 1. The van der Waals surface area contributed by atoms with Crippen molar-refractivity contribution < 1.29 is 4.79 Å². The van der Waals surface area contributed by atoms with Crippen molar-refractivity contribution in [2.75, 3.05) is 5.32 Å². The Morgan fingerprint density at radius 2 is 1.95 bits per heavy atom. The van der Waals surface area contributed by atoms with Gasteiger partial charge in [0.15, 0.2) is 0 Å². The van der Waals surface area contributed by atoms with E-state index in [4.69, 9.17) is 5.26 Å². The van der Waals surface area contributed by atoms with Crippen molar-refractivity contribution in [2.45, 2.75) is 0 Å². The van der Waals surface area contributed by atoms with Crippen molar-refractivity contribution in [2.24, 2.45) is 0 Å². The van der Waals surface area contributed by atoms with E-state index >= 15 is 0 Å². The summed E-state index contributed by atoms with van der Waals surface area (Å²) in [5.74, 6) is -0.512. The van der Waals surface area contributed by atoms with Gasteiger partial charge in [0.2, 0.25) is 5.43 Å². The van der Waals surface area contributed by atoms with Gasteiger partial charge in [0.25, 0.3) is 5.91 Å². The van der Waals surface area contributed by atoms with E-state index in [1.54, 1.807) is 42.5 Å². The molecule has 0 saturated heterocycles. The molecule has 22 heavy (non-hydrogen) atoms. The zero-order valence-corrected chi connectivity index (χ0v) is 11.5. The van der Waals surface area contributed by atoms with Crippen molar-refractivity contribution >= 4 is 22.5 Å². The lowest BCUT2D eigenvalue weighted by molar-refractivity contribution is 0.102. The molecule has 106 valence electrons. The molecule has 0 bridgehead atoms. The van der Waals surface area contributed by atoms with Gasteiger partial charge < -0.3 is 10.3 Å². The number of aromatic amines is 1. The third kappa shape index (κ3) is 2.45. The molecule has 0 radical (unpaired) electrons. The summed E-state index contributed by atoms with van der Waals surface area (Å²) in [5.41, 5.74) is 1.28. The lowest BCUT2D eigenvalue weighted by atomic mass is 10.1. The number of aromatic nitrogens is 1. The number of hydrogen-bond acceptors (Lipinski definition) is 3. The van der Waals surface area contributed by atoms with E-state index in [0.717, 1.165) is 0 Å². The second kappa shape index (κ2) is 5.54. The molecule has 0 atom stereocenters. The highest BCUT2D eigenvalue weighted by molar-refractivity contribution is 6.05. The van der Waals surface area contributed by atoms with E-state index in [9.17, 15) is 9.59 Å². The SMILES string of the molecule is N#Cc1cccc(NC(=O)c2c[nH]c3ccccc3c2=O)c1. The molecule has 1 amide bonds. The average molecular weight is 289 g/mol. The molecule has 0 saturated carbocycles. The summed E-state index contributed by atoms with van der Waals surface area (Å²) in [6, 6.07) is 15.5. The molecule has 1 aromatic heterocycles. The van der Waals surface area contributed by atoms with Crippen LogP contribution in [0.25, 0.3) is 10.9 Å². The molecule has 1 heterocycles. The summed E-state index contributed by atoms with van der Waals surface area (Å²) in [6.07, 6.45) is 1.40. The first-order valence-corrected chi connectivity index (χ1v) is 6.61. The number of nitrogens with zero attached hydrogens (tertiary/aromatic N) is 1. The Morgan fingerprint density at radius 3 is 2.77 bits per heavy atom. The van der Waals surface area contributed by atoms with Crippen LogP contribution in [0.2, 0.25) is 0 Å². The number of hydrogen-bond donors (Lipinski definition) is 2. The minimum atomic E-state index is -0.512. The summed E-state index contributed by atoms with van der Waals surface area (Å²) < 4.78 is 0. The summed E-state index contributed by atoms with van der Waals surface area (Å²) in [6.45, 7) is 0. The van der Waals surface area contributed by atoms with Crippen LogP contribution in [0.1, 0.15) is 15.9 Å². The van der Waals surface area contributed by atoms with Crippen LogP contribution >= 0.6 is 0 Å². The first-order chi connectivity index (χ1) is 10.7. The lowest BCUT2D eigenvalue weighted by Crippen LogP contribution is -2.21. The van der Waals surface area contributed by atoms with E-state index in [0.29, 0.717) is 22.2 Å². The number of H-pyrrole nitrogens is 1. The predicted molar refractivity (Wildman–Crippen MR) is 83.7 cm³/mol. The van der Waals surface area contributed by atoms with E-state index in [-0.39, 0.29) is 11.0 Å². The zero-order valence-electron chi connectivity index (χ0n) is 11.5. The summed E-state index contributed by atoms with van der Waals surface area (Å²) in [5, 5.41) is 11.9. The van der Waals surface area contributed by atoms with Gasteiger partial charge in [-0.2, -0.15) is 5.26 Å². The van der Waals surface area contributed by atoms with Gasteiger partial charge in [0.1, 0.15) is 5.56 Å². The molecule has 0 aliphatic carbocycles. The van der Waals surface area contributed by atoms with Crippen LogP contribution in [0, 0.1) is 11.3 Å². The Balaban J connectivity index is 1.97. The molecule has 0 spiro atoms. The second-order valence-electron chi connectivity index (χ2n) is 4.72. The van der Waals surface area contributed by atoms with Crippen LogP contribution in [-0.2, 0) is 0 Å². The molecular weight excluding hydrogens is 278 g/mol. The van der Waals surface area contributed by atoms with Gasteiger partial charge >= 0.3 is 0 Å². The van der Waals surface area contributed by atoms with Crippen LogP contribution in [0.15, 0.2) is 59.5 Å². The summed E-state index contributed by atoms with van der Waals surface area (Å²) in [4.78, 5) is 27.6. The normalized spacial score (nSPS) is 10.1. The van der Waals surface area contributed by atoms with Gasteiger partial charge in [0.05, 0.1) is 11.6 Å². The largest absolute Gasteiger partial charge is 0.360 e. The summed E-state index contributed by atoms with van der Waals surface area (Å²) in [7, 11) is 0. The van der Waals surface area contributed by atoms with E-state index < -0.39 is 5.91 Å². The molecule has 0 fully saturated rings. The highest BCUT2D eigenvalue weighted by Gasteiger charge is 2.13. The smallest absolute Gasteiger partial charge is 0.261 e. The quantitative estimate of drug-likeness (QED) is 0.760. The predicted octanol–water partition coefficient (Wildman–Crippen LogP) is 2.65. The number of benzene rings is 2. The van der Waals surface area contributed by atoms with Gasteiger partial charge in [-0.15, -0.1) is 0 Å². The van der Waals surface area contributed by atoms with Crippen molar-refractivity contribution in [3.63, 3.8) is 0 Å². The van der Waals surface area contributed by atoms with E-state index in [1.807, 2.05) is 12.1 Å². The van der Waals surface area contributed by atoms with Crippen molar-refractivity contribution in [1.29, 1.82) is 5.26 Å². The fraction of sp³-hybridized carbons (Fsp3) is 0. The number of pyridine rings is 1. The fourth-order valence-electron chi connectivity index (χ4n) is 2.20. The maximum atomic E-state index is 12.4. The first kappa shape index (κ1) is 13.6. The lowest BCUT2D eigenvalue weighted by Gasteiger charge is -2.06. The Labute approximate surface area is 125 Å². The third-order valence-corrected chi connectivity index (χ3v) is 3.28. The molecule has 0 aliphatic rings. The Bertz CT molecular complexity index is 967.